The highest BCUT2D eigenvalue weighted by Gasteiger charge is 2.25. The largest absolute Gasteiger partial charge is 0.353 e. The van der Waals surface area contributed by atoms with Gasteiger partial charge in [0, 0.05) is 37.9 Å². The van der Waals surface area contributed by atoms with E-state index in [0.29, 0.717) is 31.2 Å². The molecular formula is C21H21N7OS. The molecule has 0 saturated carbocycles. The number of aryl methyl sites for hydroxylation is 2. The lowest BCUT2D eigenvalue weighted by atomic mass is 10.3. The van der Waals surface area contributed by atoms with Crippen LogP contribution in [0.2, 0.25) is 0 Å². The zero-order valence-electron chi connectivity index (χ0n) is 16.8. The van der Waals surface area contributed by atoms with Gasteiger partial charge in [0.05, 0.1) is 15.9 Å². The van der Waals surface area contributed by atoms with E-state index >= 15 is 0 Å². The first-order chi connectivity index (χ1) is 14.6. The lowest BCUT2D eigenvalue weighted by molar-refractivity contribution is 0.0746. The second-order valence-corrected chi connectivity index (χ2v) is 8.37. The van der Waals surface area contributed by atoms with Crippen molar-refractivity contribution in [2.45, 2.75) is 13.8 Å². The van der Waals surface area contributed by atoms with Gasteiger partial charge in [0.2, 0.25) is 0 Å². The topological polar surface area (TPSA) is 80.0 Å². The van der Waals surface area contributed by atoms with Crippen LogP contribution in [0.25, 0.3) is 16.0 Å². The lowest BCUT2D eigenvalue weighted by Gasteiger charge is -2.35. The maximum Gasteiger partial charge on any atom is 0.282 e. The van der Waals surface area contributed by atoms with Crippen LogP contribution in [0, 0.1) is 13.8 Å². The monoisotopic (exact) mass is 419 g/mol. The Balaban J connectivity index is 1.29. The molecule has 8 nitrogen and oxygen atoms in total. The summed E-state index contributed by atoms with van der Waals surface area (Å²) in [5, 5.41) is 5.06. The Morgan fingerprint density at radius 3 is 2.50 bits per heavy atom. The first-order valence-electron chi connectivity index (χ1n) is 9.84. The summed E-state index contributed by atoms with van der Waals surface area (Å²) >= 11 is 1.45. The van der Waals surface area contributed by atoms with Gasteiger partial charge >= 0.3 is 0 Å². The normalized spacial score (nSPS) is 14.5. The molecule has 1 saturated heterocycles. The number of fused-ring (bicyclic) bond motifs is 1. The fraction of sp³-hybridized carbons (Fsp3) is 0.286. The number of amides is 1. The molecule has 5 rings (SSSR count). The van der Waals surface area contributed by atoms with Gasteiger partial charge in [-0.2, -0.15) is 5.10 Å². The number of aromatic nitrogens is 5. The minimum absolute atomic E-state index is 0.00173. The Hall–Kier alpha value is -3.33. The number of carbonyl (C=O) groups excluding carboxylic acids is 1. The highest BCUT2D eigenvalue weighted by molar-refractivity contribution is 7.20. The van der Waals surface area contributed by atoms with Gasteiger partial charge in [-0.3, -0.25) is 4.79 Å². The van der Waals surface area contributed by atoms with Crippen molar-refractivity contribution in [3.05, 3.63) is 59.1 Å². The minimum atomic E-state index is 0.00173. The lowest BCUT2D eigenvalue weighted by Crippen LogP contribution is -2.49. The first-order valence-corrected chi connectivity index (χ1v) is 10.7. The molecule has 1 amide bonds. The Morgan fingerprint density at radius 1 is 1.00 bits per heavy atom. The SMILES string of the molecule is Cc1cc(C)n(-c2cc(N3CCN(C(=O)c4nc5ccccc5s4)CC3)ncn2)n1. The molecular weight excluding hydrogens is 398 g/mol. The van der Waals surface area contributed by atoms with Crippen LogP contribution in [0.5, 0.6) is 0 Å². The molecule has 3 aromatic heterocycles. The molecule has 1 aliphatic heterocycles. The Morgan fingerprint density at radius 2 is 1.77 bits per heavy atom. The van der Waals surface area contributed by atoms with E-state index in [2.05, 4.69) is 25.0 Å². The smallest absolute Gasteiger partial charge is 0.282 e. The average molecular weight is 420 g/mol. The summed E-state index contributed by atoms with van der Waals surface area (Å²) in [6.45, 7) is 6.66. The fourth-order valence-corrected chi connectivity index (χ4v) is 4.66. The number of benzene rings is 1. The van der Waals surface area contributed by atoms with Crippen LogP contribution < -0.4 is 4.90 Å². The molecule has 0 radical (unpaired) electrons. The number of anilines is 1. The second kappa shape index (κ2) is 7.49. The molecule has 1 aliphatic rings. The van der Waals surface area contributed by atoms with E-state index in [0.717, 1.165) is 33.2 Å². The van der Waals surface area contributed by atoms with Crippen LogP contribution in [0.1, 0.15) is 21.2 Å². The molecule has 0 unspecified atom stereocenters. The molecule has 9 heteroatoms. The van der Waals surface area contributed by atoms with Crippen molar-refractivity contribution < 1.29 is 4.79 Å². The van der Waals surface area contributed by atoms with E-state index in [4.69, 9.17) is 0 Å². The number of hydrogen-bond acceptors (Lipinski definition) is 7. The van der Waals surface area contributed by atoms with Crippen LogP contribution in [-0.2, 0) is 0 Å². The number of para-hydroxylation sites is 1. The van der Waals surface area contributed by atoms with E-state index in [9.17, 15) is 4.79 Å². The van der Waals surface area contributed by atoms with Gasteiger partial charge in [-0.1, -0.05) is 12.1 Å². The standard InChI is InChI=1S/C21H21N7OS/c1-14-11-15(2)28(25-14)19-12-18(22-13-23-19)26-7-9-27(10-8-26)21(29)20-24-16-5-3-4-6-17(16)30-20/h3-6,11-13H,7-10H2,1-2H3. The predicted octanol–water partition coefficient (Wildman–Crippen LogP) is 2.85. The number of piperazine rings is 1. The molecule has 0 atom stereocenters. The molecule has 0 spiro atoms. The van der Waals surface area contributed by atoms with Gasteiger partial charge in [-0.05, 0) is 32.0 Å². The fourth-order valence-electron chi connectivity index (χ4n) is 3.72. The maximum atomic E-state index is 12.9. The summed E-state index contributed by atoms with van der Waals surface area (Å²) in [7, 11) is 0. The first kappa shape index (κ1) is 18.7. The third kappa shape index (κ3) is 3.41. The number of nitrogens with zero attached hydrogens (tertiary/aromatic N) is 7. The van der Waals surface area contributed by atoms with Crippen molar-refractivity contribution in [2.75, 3.05) is 31.1 Å². The van der Waals surface area contributed by atoms with Gasteiger partial charge in [0.15, 0.2) is 10.8 Å². The molecule has 30 heavy (non-hydrogen) atoms. The summed E-state index contributed by atoms with van der Waals surface area (Å²) in [4.78, 5) is 30.3. The van der Waals surface area contributed by atoms with E-state index in [-0.39, 0.29) is 5.91 Å². The van der Waals surface area contributed by atoms with Crippen LogP contribution in [0.4, 0.5) is 5.82 Å². The van der Waals surface area contributed by atoms with Gasteiger partial charge in [0.1, 0.15) is 12.1 Å². The summed E-state index contributed by atoms with van der Waals surface area (Å²) in [5.74, 6) is 1.60. The molecule has 0 aliphatic carbocycles. The minimum Gasteiger partial charge on any atom is -0.353 e. The number of rotatable bonds is 3. The maximum absolute atomic E-state index is 12.9. The van der Waals surface area contributed by atoms with Crippen LogP contribution in [-0.4, -0.2) is 61.7 Å². The number of hydrogen-bond donors (Lipinski definition) is 0. The second-order valence-electron chi connectivity index (χ2n) is 7.34. The van der Waals surface area contributed by atoms with E-state index < -0.39 is 0 Å². The van der Waals surface area contributed by atoms with Gasteiger partial charge < -0.3 is 9.80 Å². The summed E-state index contributed by atoms with van der Waals surface area (Å²) in [6.07, 6.45) is 1.57. The molecule has 1 fully saturated rings. The quantitative estimate of drug-likeness (QED) is 0.508. The average Bonchev–Trinajstić information content (AvgIpc) is 3.36. The van der Waals surface area contributed by atoms with Crippen LogP contribution in [0.15, 0.2) is 42.7 Å². The van der Waals surface area contributed by atoms with Crippen LogP contribution >= 0.6 is 11.3 Å². The number of carbonyl (C=O) groups is 1. The molecule has 152 valence electrons. The molecule has 4 heterocycles. The van der Waals surface area contributed by atoms with E-state index in [1.165, 1.54) is 11.3 Å². The predicted molar refractivity (Wildman–Crippen MR) is 116 cm³/mol. The van der Waals surface area contributed by atoms with Crippen molar-refractivity contribution >= 4 is 33.3 Å². The highest BCUT2D eigenvalue weighted by atomic mass is 32.1. The Kier molecular flexibility index (Phi) is 4.66. The van der Waals surface area contributed by atoms with Gasteiger partial charge in [-0.15, -0.1) is 11.3 Å². The van der Waals surface area contributed by atoms with Crippen molar-refractivity contribution in [2.24, 2.45) is 0 Å². The van der Waals surface area contributed by atoms with Crippen molar-refractivity contribution in [3.8, 4) is 5.82 Å². The third-order valence-corrected chi connectivity index (χ3v) is 6.26. The van der Waals surface area contributed by atoms with Gasteiger partial charge in [-0.25, -0.2) is 19.6 Å². The number of thiazole rings is 1. The molecule has 4 aromatic rings. The third-order valence-electron chi connectivity index (χ3n) is 5.23. The van der Waals surface area contributed by atoms with Crippen molar-refractivity contribution in [1.29, 1.82) is 0 Å². The van der Waals surface area contributed by atoms with Crippen LogP contribution in [0.3, 0.4) is 0 Å². The highest BCUT2D eigenvalue weighted by Crippen LogP contribution is 2.24. The summed E-state index contributed by atoms with van der Waals surface area (Å²) in [5.41, 5.74) is 2.86. The van der Waals surface area contributed by atoms with Crippen molar-refractivity contribution in [1.82, 2.24) is 29.6 Å². The zero-order chi connectivity index (χ0) is 20.7. The Bertz CT molecular complexity index is 1190. The molecule has 0 bridgehead atoms. The summed E-state index contributed by atoms with van der Waals surface area (Å²) < 4.78 is 2.87. The molecule has 0 N–H and O–H groups in total. The van der Waals surface area contributed by atoms with E-state index in [1.807, 2.05) is 59.8 Å². The van der Waals surface area contributed by atoms with E-state index in [1.54, 1.807) is 6.33 Å². The summed E-state index contributed by atoms with van der Waals surface area (Å²) in [6, 6.07) is 11.8. The molecule has 1 aromatic carbocycles. The Labute approximate surface area is 177 Å². The van der Waals surface area contributed by atoms with Crippen molar-refractivity contribution in [3.63, 3.8) is 0 Å². The van der Waals surface area contributed by atoms with Gasteiger partial charge in [0.25, 0.3) is 5.91 Å². The zero-order valence-corrected chi connectivity index (χ0v) is 17.6.